The summed E-state index contributed by atoms with van der Waals surface area (Å²) >= 11 is 5.90. The van der Waals surface area contributed by atoms with Gasteiger partial charge in [-0.05, 0) is 36.8 Å². The lowest BCUT2D eigenvalue weighted by Gasteiger charge is -2.38. The molecule has 0 amide bonds. The van der Waals surface area contributed by atoms with E-state index in [1.807, 2.05) is 12.1 Å². The zero-order valence-electron chi connectivity index (χ0n) is 8.75. The van der Waals surface area contributed by atoms with Gasteiger partial charge in [0.05, 0.1) is 0 Å². The summed E-state index contributed by atoms with van der Waals surface area (Å²) in [4.78, 5) is 6.75. The average molecular weight is 223 g/mol. The van der Waals surface area contributed by atoms with E-state index in [0.29, 0.717) is 10.6 Å². The molecule has 0 atom stereocenters. The first-order valence-corrected chi connectivity index (χ1v) is 6.03. The zero-order valence-corrected chi connectivity index (χ0v) is 9.50. The highest BCUT2D eigenvalue weighted by atomic mass is 35.5. The number of nitrogens with zero attached hydrogens (tertiary/aromatic N) is 2. The molecule has 1 saturated heterocycles. The molecule has 15 heavy (non-hydrogen) atoms. The van der Waals surface area contributed by atoms with Gasteiger partial charge in [0.25, 0.3) is 0 Å². The molecule has 80 valence electrons. The highest BCUT2D eigenvalue weighted by molar-refractivity contribution is 6.29. The number of hydrogen-bond donors (Lipinski definition) is 0. The van der Waals surface area contributed by atoms with Crippen molar-refractivity contribution in [3.63, 3.8) is 0 Å². The maximum Gasteiger partial charge on any atom is 0.131 e. The second-order valence-corrected chi connectivity index (χ2v) is 5.23. The molecule has 1 spiro atoms. The first-order valence-electron chi connectivity index (χ1n) is 5.65. The molecule has 1 aliphatic carbocycles. The third-order valence-corrected chi connectivity index (χ3v) is 4.09. The normalized spacial score (nSPS) is 23.1. The molecule has 0 N–H and O–H groups in total. The Morgan fingerprint density at radius 1 is 1.27 bits per heavy atom. The summed E-state index contributed by atoms with van der Waals surface area (Å²) in [6.45, 7) is 2.33. The van der Waals surface area contributed by atoms with Crippen LogP contribution < -0.4 is 4.90 Å². The third-order valence-electron chi connectivity index (χ3n) is 3.88. The molecule has 2 nitrogen and oxygen atoms in total. The van der Waals surface area contributed by atoms with E-state index in [2.05, 4.69) is 16.0 Å². The minimum atomic E-state index is 0.599. The largest absolute Gasteiger partial charge is 0.356 e. The molecular formula is C12H15ClN2. The topological polar surface area (TPSA) is 16.1 Å². The zero-order chi connectivity index (χ0) is 10.3. The molecule has 1 aromatic rings. The van der Waals surface area contributed by atoms with E-state index < -0.39 is 0 Å². The summed E-state index contributed by atoms with van der Waals surface area (Å²) in [6.07, 6.45) is 5.56. The predicted molar refractivity (Wildman–Crippen MR) is 62.4 cm³/mol. The smallest absolute Gasteiger partial charge is 0.131 e. The van der Waals surface area contributed by atoms with Crippen molar-refractivity contribution >= 4 is 17.4 Å². The number of halogens is 1. The molecule has 3 heteroatoms. The second-order valence-electron chi connectivity index (χ2n) is 4.84. The van der Waals surface area contributed by atoms with Gasteiger partial charge in [0.2, 0.25) is 0 Å². The highest BCUT2D eigenvalue weighted by Gasteiger charge is 2.42. The standard InChI is InChI=1S/C12H15ClN2/c13-10-3-1-4-11(14-10)15-8-7-12(9-15)5-2-6-12/h1,3-4H,2,5-9H2. The Bertz CT molecular complexity index is 374. The Kier molecular flexibility index (Phi) is 2.13. The van der Waals surface area contributed by atoms with Gasteiger partial charge >= 0.3 is 0 Å². The van der Waals surface area contributed by atoms with E-state index >= 15 is 0 Å². The second kappa shape index (κ2) is 3.38. The minimum absolute atomic E-state index is 0.599. The van der Waals surface area contributed by atoms with E-state index in [0.717, 1.165) is 12.4 Å². The van der Waals surface area contributed by atoms with Crippen LogP contribution in [0.25, 0.3) is 0 Å². The van der Waals surface area contributed by atoms with E-state index in [-0.39, 0.29) is 0 Å². The molecule has 1 saturated carbocycles. The van der Waals surface area contributed by atoms with Gasteiger partial charge < -0.3 is 4.90 Å². The van der Waals surface area contributed by atoms with Crippen molar-refractivity contribution in [3.8, 4) is 0 Å². The van der Waals surface area contributed by atoms with Crippen molar-refractivity contribution in [2.45, 2.75) is 25.7 Å². The fraction of sp³-hybridized carbons (Fsp3) is 0.583. The van der Waals surface area contributed by atoms with Crippen LogP contribution in [0.5, 0.6) is 0 Å². The van der Waals surface area contributed by atoms with E-state index in [1.165, 1.54) is 32.2 Å². The Hall–Kier alpha value is -0.760. The van der Waals surface area contributed by atoms with Crippen molar-refractivity contribution in [2.24, 2.45) is 5.41 Å². The number of anilines is 1. The van der Waals surface area contributed by atoms with Crippen LogP contribution in [-0.4, -0.2) is 18.1 Å². The van der Waals surface area contributed by atoms with Gasteiger partial charge in [0.1, 0.15) is 11.0 Å². The molecule has 2 heterocycles. The molecule has 0 unspecified atom stereocenters. The van der Waals surface area contributed by atoms with Crippen LogP contribution >= 0.6 is 11.6 Å². The third kappa shape index (κ3) is 1.61. The number of pyridine rings is 1. The number of rotatable bonds is 1. The number of aromatic nitrogens is 1. The van der Waals surface area contributed by atoms with Gasteiger partial charge in [-0.15, -0.1) is 0 Å². The van der Waals surface area contributed by atoms with Crippen LogP contribution in [0, 0.1) is 5.41 Å². The first kappa shape index (κ1) is 9.46. The highest BCUT2D eigenvalue weighted by Crippen LogP contribution is 2.48. The quantitative estimate of drug-likeness (QED) is 0.679. The molecular weight excluding hydrogens is 208 g/mol. The van der Waals surface area contributed by atoms with Crippen molar-refractivity contribution in [2.75, 3.05) is 18.0 Å². The van der Waals surface area contributed by atoms with Crippen molar-refractivity contribution < 1.29 is 0 Å². The van der Waals surface area contributed by atoms with Gasteiger partial charge in [0.15, 0.2) is 0 Å². The maximum absolute atomic E-state index is 5.90. The lowest BCUT2D eigenvalue weighted by atomic mass is 9.68. The lowest BCUT2D eigenvalue weighted by Crippen LogP contribution is -2.33. The summed E-state index contributed by atoms with van der Waals surface area (Å²) in [5, 5.41) is 0.599. The van der Waals surface area contributed by atoms with Gasteiger partial charge in [-0.25, -0.2) is 4.98 Å². The van der Waals surface area contributed by atoms with E-state index in [9.17, 15) is 0 Å². The molecule has 0 radical (unpaired) electrons. The first-order chi connectivity index (χ1) is 7.27. The van der Waals surface area contributed by atoms with Crippen LogP contribution in [-0.2, 0) is 0 Å². The van der Waals surface area contributed by atoms with E-state index in [1.54, 1.807) is 0 Å². The van der Waals surface area contributed by atoms with Crippen LogP contribution in [0.2, 0.25) is 5.15 Å². The van der Waals surface area contributed by atoms with Crippen molar-refractivity contribution in [1.82, 2.24) is 4.98 Å². The molecule has 3 rings (SSSR count). The van der Waals surface area contributed by atoms with Crippen LogP contribution in [0.4, 0.5) is 5.82 Å². The SMILES string of the molecule is Clc1cccc(N2CCC3(CCC3)C2)n1. The van der Waals surface area contributed by atoms with Gasteiger partial charge in [0, 0.05) is 13.1 Å². The van der Waals surface area contributed by atoms with Gasteiger partial charge in [-0.3, -0.25) is 0 Å². The Labute approximate surface area is 95.3 Å². The van der Waals surface area contributed by atoms with E-state index in [4.69, 9.17) is 11.6 Å². The monoisotopic (exact) mass is 222 g/mol. The summed E-state index contributed by atoms with van der Waals surface area (Å²) in [6, 6.07) is 5.88. The fourth-order valence-electron chi connectivity index (χ4n) is 2.79. The predicted octanol–water partition coefficient (Wildman–Crippen LogP) is 3.12. The molecule has 1 aromatic heterocycles. The lowest BCUT2D eigenvalue weighted by molar-refractivity contribution is 0.165. The van der Waals surface area contributed by atoms with Gasteiger partial charge in [-0.1, -0.05) is 24.1 Å². The number of hydrogen-bond acceptors (Lipinski definition) is 2. The Morgan fingerprint density at radius 2 is 2.13 bits per heavy atom. The summed E-state index contributed by atoms with van der Waals surface area (Å²) in [7, 11) is 0. The average Bonchev–Trinajstić information content (AvgIpc) is 2.62. The maximum atomic E-state index is 5.90. The summed E-state index contributed by atoms with van der Waals surface area (Å²) in [5.74, 6) is 1.05. The van der Waals surface area contributed by atoms with Crippen molar-refractivity contribution in [1.29, 1.82) is 0 Å². The van der Waals surface area contributed by atoms with Gasteiger partial charge in [-0.2, -0.15) is 0 Å². The fourth-order valence-corrected chi connectivity index (χ4v) is 2.95. The summed E-state index contributed by atoms with van der Waals surface area (Å²) < 4.78 is 0. The Balaban J connectivity index is 1.79. The molecule has 0 bridgehead atoms. The summed E-state index contributed by atoms with van der Waals surface area (Å²) in [5.41, 5.74) is 0.629. The van der Waals surface area contributed by atoms with Crippen LogP contribution in [0.3, 0.4) is 0 Å². The molecule has 1 aliphatic heterocycles. The minimum Gasteiger partial charge on any atom is -0.356 e. The molecule has 2 fully saturated rings. The molecule has 2 aliphatic rings. The van der Waals surface area contributed by atoms with Crippen molar-refractivity contribution in [3.05, 3.63) is 23.4 Å². The van der Waals surface area contributed by atoms with Crippen LogP contribution in [0.15, 0.2) is 18.2 Å². The van der Waals surface area contributed by atoms with Crippen LogP contribution in [0.1, 0.15) is 25.7 Å². The Morgan fingerprint density at radius 3 is 2.73 bits per heavy atom. The molecule has 0 aromatic carbocycles.